The van der Waals surface area contributed by atoms with Gasteiger partial charge in [0.05, 0.1) is 7.11 Å². The SMILES string of the molecule is CNCC1CCN(C(=O)c2ccc(OC)c3ccccc23)CC1.Cl. The molecule has 5 heteroatoms. The molecular weight excluding hydrogens is 324 g/mol. The zero-order valence-corrected chi connectivity index (χ0v) is 15.1. The van der Waals surface area contributed by atoms with Crippen LogP contribution in [-0.4, -0.2) is 44.6 Å². The second kappa shape index (κ2) is 8.36. The van der Waals surface area contributed by atoms with E-state index in [0.717, 1.165) is 54.6 Å². The number of fused-ring (bicyclic) bond motifs is 1. The number of ether oxygens (including phenoxy) is 1. The van der Waals surface area contributed by atoms with Crippen molar-refractivity contribution in [3.05, 3.63) is 42.0 Å². The van der Waals surface area contributed by atoms with E-state index in [4.69, 9.17) is 4.74 Å². The summed E-state index contributed by atoms with van der Waals surface area (Å²) in [6.45, 7) is 2.71. The van der Waals surface area contributed by atoms with Gasteiger partial charge in [-0.1, -0.05) is 24.3 Å². The standard InChI is InChI=1S/C19H24N2O2.ClH/c1-20-13-14-9-11-21(12-10-14)19(22)17-7-8-18(23-2)16-6-4-3-5-15(16)17;/h3-8,14,20H,9-13H2,1-2H3;1H. The van der Waals surface area contributed by atoms with Crippen LogP contribution in [0.25, 0.3) is 10.8 Å². The number of halogens is 1. The number of carbonyl (C=O) groups excluding carboxylic acids is 1. The lowest BCUT2D eigenvalue weighted by atomic mass is 9.95. The molecule has 0 radical (unpaired) electrons. The van der Waals surface area contributed by atoms with Crippen molar-refractivity contribution >= 4 is 29.1 Å². The van der Waals surface area contributed by atoms with Crippen LogP contribution < -0.4 is 10.1 Å². The van der Waals surface area contributed by atoms with E-state index < -0.39 is 0 Å². The molecule has 0 aromatic heterocycles. The summed E-state index contributed by atoms with van der Waals surface area (Å²) in [6, 6.07) is 11.7. The van der Waals surface area contributed by atoms with E-state index in [9.17, 15) is 4.79 Å². The third-order valence-electron chi connectivity index (χ3n) is 4.73. The second-order valence-corrected chi connectivity index (χ2v) is 6.15. The fourth-order valence-electron chi connectivity index (χ4n) is 3.44. The minimum absolute atomic E-state index is 0. The summed E-state index contributed by atoms with van der Waals surface area (Å²) in [5.74, 6) is 1.62. The van der Waals surface area contributed by atoms with Crippen molar-refractivity contribution in [3.8, 4) is 5.75 Å². The lowest BCUT2D eigenvalue weighted by molar-refractivity contribution is 0.0693. The van der Waals surface area contributed by atoms with Gasteiger partial charge in [0.2, 0.25) is 0 Å². The highest BCUT2D eigenvalue weighted by Crippen LogP contribution is 2.29. The fourth-order valence-corrected chi connectivity index (χ4v) is 3.44. The molecule has 1 saturated heterocycles. The number of likely N-dealkylation sites (tertiary alicyclic amines) is 1. The highest BCUT2D eigenvalue weighted by Gasteiger charge is 2.24. The zero-order chi connectivity index (χ0) is 16.2. The number of nitrogens with zero attached hydrogens (tertiary/aromatic N) is 1. The minimum Gasteiger partial charge on any atom is -0.496 e. The third-order valence-corrected chi connectivity index (χ3v) is 4.73. The Bertz CT molecular complexity index is 697. The summed E-state index contributed by atoms with van der Waals surface area (Å²) >= 11 is 0. The van der Waals surface area contributed by atoms with Crippen LogP contribution in [0.3, 0.4) is 0 Å². The van der Waals surface area contributed by atoms with Crippen molar-refractivity contribution in [2.75, 3.05) is 33.8 Å². The Balaban J connectivity index is 0.00000208. The van der Waals surface area contributed by atoms with E-state index in [1.807, 2.05) is 48.3 Å². The van der Waals surface area contributed by atoms with Crippen molar-refractivity contribution in [2.24, 2.45) is 5.92 Å². The molecule has 4 nitrogen and oxygen atoms in total. The van der Waals surface area contributed by atoms with E-state index in [-0.39, 0.29) is 18.3 Å². The van der Waals surface area contributed by atoms with Crippen LogP contribution in [0.1, 0.15) is 23.2 Å². The summed E-state index contributed by atoms with van der Waals surface area (Å²) in [5.41, 5.74) is 0.772. The maximum absolute atomic E-state index is 12.9. The third kappa shape index (κ3) is 3.65. The molecule has 0 atom stereocenters. The minimum atomic E-state index is 0. The van der Waals surface area contributed by atoms with Gasteiger partial charge in [-0.15, -0.1) is 12.4 Å². The van der Waals surface area contributed by atoms with Gasteiger partial charge in [0.15, 0.2) is 0 Å². The van der Waals surface area contributed by atoms with Crippen LogP contribution in [0.4, 0.5) is 0 Å². The molecule has 0 spiro atoms. The predicted molar refractivity (Wildman–Crippen MR) is 100 cm³/mol. The first kappa shape index (κ1) is 18.6. The van der Waals surface area contributed by atoms with Gasteiger partial charge in [-0.25, -0.2) is 0 Å². The monoisotopic (exact) mass is 348 g/mol. The molecule has 24 heavy (non-hydrogen) atoms. The zero-order valence-electron chi connectivity index (χ0n) is 14.2. The first-order chi connectivity index (χ1) is 11.2. The van der Waals surface area contributed by atoms with Crippen molar-refractivity contribution in [3.63, 3.8) is 0 Å². The molecule has 1 aliphatic rings. The Morgan fingerprint density at radius 1 is 1.17 bits per heavy atom. The Kier molecular flexibility index (Phi) is 6.46. The van der Waals surface area contributed by atoms with Crippen molar-refractivity contribution in [2.45, 2.75) is 12.8 Å². The summed E-state index contributed by atoms with van der Waals surface area (Å²) in [6.07, 6.45) is 2.14. The molecule has 1 heterocycles. The maximum atomic E-state index is 12.9. The van der Waals surface area contributed by atoms with Crippen LogP contribution >= 0.6 is 12.4 Å². The van der Waals surface area contributed by atoms with Gasteiger partial charge in [-0.05, 0) is 49.9 Å². The summed E-state index contributed by atoms with van der Waals surface area (Å²) < 4.78 is 5.42. The Labute approximate surface area is 149 Å². The van der Waals surface area contributed by atoms with Crippen molar-refractivity contribution in [1.82, 2.24) is 10.2 Å². The molecule has 130 valence electrons. The van der Waals surface area contributed by atoms with Gasteiger partial charge in [0, 0.05) is 24.0 Å². The molecule has 0 unspecified atom stereocenters. The highest BCUT2D eigenvalue weighted by atomic mass is 35.5. The Hall–Kier alpha value is -1.78. The smallest absolute Gasteiger partial charge is 0.254 e. The maximum Gasteiger partial charge on any atom is 0.254 e. The van der Waals surface area contributed by atoms with E-state index in [2.05, 4.69) is 5.32 Å². The van der Waals surface area contributed by atoms with Gasteiger partial charge in [-0.2, -0.15) is 0 Å². The van der Waals surface area contributed by atoms with Crippen LogP contribution in [0.2, 0.25) is 0 Å². The van der Waals surface area contributed by atoms with Crippen LogP contribution in [0, 0.1) is 5.92 Å². The highest BCUT2D eigenvalue weighted by molar-refractivity contribution is 6.08. The number of benzene rings is 2. The van der Waals surface area contributed by atoms with E-state index in [1.165, 1.54) is 0 Å². The molecule has 1 aliphatic heterocycles. The van der Waals surface area contributed by atoms with Crippen LogP contribution in [-0.2, 0) is 0 Å². The van der Waals surface area contributed by atoms with E-state index >= 15 is 0 Å². The van der Waals surface area contributed by atoms with Gasteiger partial charge >= 0.3 is 0 Å². The fraction of sp³-hybridized carbons (Fsp3) is 0.421. The normalized spacial score (nSPS) is 15.2. The molecule has 3 rings (SSSR count). The summed E-state index contributed by atoms with van der Waals surface area (Å²) in [7, 11) is 3.65. The molecule has 0 bridgehead atoms. The Morgan fingerprint density at radius 3 is 2.46 bits per heavy atom. The van der Waals surface area contributed by atoms with E-state index in [0.29, 0.717) is 5.92 Å². The summed E-state index contributed by atoms with van der Waals surface area (Å²) in [4.78, 5) is 14.9. The quantitative estimate of drug-likeness (QED) is 0.921. The lowest BCUT2D eigenvalue weighted by Gasteiger charge is -2.32. The number of amides is 1. The molecule has 2 aromatic carbocycles. The van der Waals surface area contributed by atoms with Crippen LogP contribution in [0.15, 0.2) is 36.4 Å². The first-order valence-corrected chi connectivity index (χ1v) is 8.24. The number of methoxy groups -OCH3 is 1. The molecule has 1 fully saturated rings. The molecule has 1 amide bonds. The molecule has 1 N–H and O–H groups in total. The largest absolute Gasteiger partial charge is 0.496 e. The first-order valence-electron chi connectivity index (χ1n) is 8.24. The number of nitrogens with one attached hydrogen (secondary N) is 1. The topological polar surface area (TPSA) is 41.6 Å². The number of carbonyl (C=O) groups is 1. The number of rotatable bonds is 4. The number of piperidine rings is 1. The predicted octanol–water partition coefficient (Wildman–Crippen LogP) is 3.34. The van der Waals surface area contributed by atoms with Gasteiger partial charge < -0.3 is 15.0 Å². The van der Waals surface area contributed by atoms with Crippen molar-refractivity contribution in [1.29, 1.82) is 0 Å². The Morgan fingerprint density at radius 2 is 1.83 bits per heavy atom. The average molecular weight is 349 g/mol. The number of hydrogen-bond acceptors (Lipinski definition) is 3. The molecule has 0 aliphatic carbocycles. The average Bonchev–Trinajstić information content (AvgIpc) is 2.61. The van der Waals surface area contributed by atoms with Gasteiger partial charge in [-0.3, -0.25) is 4.79 Å². The van der Waals surface area contributed by atoms with E-state index in [1.54, 1.807) is 7.11 Å². The molecular formula is C19H25ClN2O2. The van der Waals surface area contributed by atoms with Crippen molar-refractivity contribution < 1.29 is 9.53 Å². The lowest BCUT2D eigenvalue weighted by Crippen LogP contribution is -2.40. The molecule has 0 saturated carbocycles. The van der Waals surface area contributed by atoms with Gasteiger partial charge in [0.25, 0.3) is 5.91 Å². The van der Waals surface area contributed by atoms with Gasteiger partial charge in [0.1, 0.15) is 5.75 Å². The summed E-state index contributed by atoms with van der Waals surface area (Å²) in [5, 5.41) is 5.19. The molecule has 2 aromatic rings. The van der Waals surface area contributed by atoms with Crippen LogP contribution in [0.5, 0.6) is 5.75 Å². The second-order valence-electron chi connectivity index (χ2n) is 6.15. The number of hydrogen-bond donors (Lipinski definition) is 1.